The van der Waals surface area contributed by atoms with E-state index in [1.165, 1.54) is 12.3 Å². The molecule has 0 bridgehead atoms. The first kappa shape index (κ1) is 16.3. The maximum atomic E-state index is 12.9. The molecule has 1 aliphatic heterocycles. The predicted octanol–water partition coefficient (Wildman–Crippen LogP) is 2.21. The Morgan fingerprint density at radius 3 is 2.90 bits per heavy atom. The van der Waals surface area contributed by atoms with Gasteiger partial charge in [0.1, 0.15) is 5.82 Å². The molecule has 1 saturated heterocycles. The Bertz CT molecular complexity index is 440. The van der Waals surface area contributed by atoms with Gasteiger partial charge in [0.05, 0.1) is 24.0 Å². The molecule has 1 aromatic rings. The number of hydrogen-bond acceptors (Lipinski definition) is 4. The quantitative estimate of drug-likeness (QED) is 0.905. The molecule has 2 rings (SSSR count). The Morgan fingerprint density at radius 2 is 2.29 bits per heavy atom. The molecule has 1 aromatic heterocycles. The fourth-order valence-electron chi connectivity index (χ4n) is 2.97. The molecule has 5 heteroatoms. The summed E-state index contributed by atoms with van der Waals surface area (Å²) in [6, 6.07) is 2.91. The number of rotatable bonds is 5. The van der Waals surface area contributed by atoms with Crippen LogP contribution in [0, 0.1) is 17.7 Å². The smallest absolute Gasteiger partial charge is 0.141 e. The van der Waals surface area contributed by atoms with Crippen LogP contribution in [0.3, 0.4) is 0 Å². The van der Waals surface area contributed by atoms with E-state index in [0.29, 0.717) is 12.0 Å². The van der Waals surface area contributed by atoms with Crippen molar-refractivity contribution in [1.82, 2.24) is 9.88 Å². The normalized spacial score (nSPS) is 26.5. The van der Waals surface area contributed by atoms with Crippen molar-refractivity contribution in [3.8, 4) is 0 Å². The third-order valence-corrected chi connectivity index (χ3v) is 4.53. The largest absolute Gasteiger partial charge is 0.380 e. The van der Waals surface area contributed by atoms with Crippen molar-refractivity contribution in [1.29, 1.82) is 0 Å². The summed E-state index contributed by atoms with van der Waals surface area (Å²) >= 11 is 0. The molecule has 0 amide bonds. The third-order valence-electron chi connectivity index (χ3n) is 4.53. The number of likely N-dealkylation sites (tertiary alicyclic amines) is 1. The van der Waals surface area contributed by atoms with Crippen molar-refractivity contribution >= 4 is 0 Å². The van der Waals surface area contributed by atoms with Crippen LogP contribution in [-0.4, -0.2) is 42.7 Å². The summed E-state index contributed by atoms with van der Waals surface area (Å²) in [4.78, 5) is 6.50. The standard InChI is InChI=1S/C16H26FN3O/c1-11-6-7-20(10-15(11)21-3)9-12(2)16(18)14-5-4-13(17)8-19-14/h4-5,8,11-12,15-16H,6-7,9-10,18H2,1-3H3. The number of hydrogen-bond donors (Lipinski definition) is 1. The molecule has 118 valence electrons. The summed E-state index contributed by atoms with van der Waals surface area (Å²) in [6.07, 6.45) is 2.67. The first-order chi connectivity index (χ1) is 10.0. The van der Waals surface area contributed by atoms with E-state index in [1.54, 1.807) is 13.2 Å². The van der Waals surface area contributed by atoms with Crippen LogP contribution in [0.2, 0.25) is 0 Å². The number of pyridine rings is 1. The van der Waals surface area contributed by atoms with Gasteiger partial charge in [-0.1, -0.05) is 13.8 Å². The number of piperidine rings is 1. The van der Waals surface area contributed by atoms with Crippen molar-refractivity contribution in [3.05, 3.63) is 29.8 Å². The van der Waals surface area contributed by atoms with E-state index in [9.17, 15) is 4.39 Å². The summed E-state index contributed by atoms with van der Waals surface area (Å²) in [5.74, 6) is 0.537. The first-order valence-electron chi connectivity index (χ1n) is 7.63. The highest BCUT2D eigenvalue weighted by atomic mass is 19.1. The van der Waals surface area contributed by atoms with Crippen LogP contribution in [0.15, 0.2) is 18.3 Å². The van der Waals surface area contributed by atoms with Gasteiger partial charge in [-0.25, -0.2) is 4.39 Å². The summed E-state index contributed by atoms with van der Waals surface area (Å²) < 4.78 is 18.5. The zero-order valence-corrected chi connectivity index (χ0v) is 13.1. The molecule has 2 N–H and O–H groups in total. The fourth-order valence-corrected chi connectivity index (χ4v) is 2.97. The summed E-state index contributed by atoms with van der Waals surface area (Å²) in [5, 5.41) is 0. The van der Waals surface area contributed by atoms with Crippen molar-refractivity contribution in [2.75, 3.05) is 26.7 Å². The zero-order chi connectivity index (χ0) is 15.4. The molecule has 1 aliphatic rings. The molecule has 1 fully saturated rings. The maximum Gasteiger partial charge on any atom is 0.141 e. The highest BCUT2D eigenvalue weighted by molar-refractivity contribution is 5.10. The van der Waals surface area contributed by atoms with Gasteiger partial charge < -0.3 is 15.4 Å². The van der Waals surface area contributed by atoms with E-state index in [-0.39, 0.29) is 17.8 Å². The monoisotopic (exact) mass is 295 g/mol. The van der Waals surface area contributed by atoms with Gasteiger partial charge >= 0.3 is 0 Å². The number of aromatic nitrogens is 1. The number of nitrogens with zero attached hydrogens (tertiary/aromatic N) is 2. The molecular weight excluding hydrogens is 269 g/mol. The minimum absolute atomic E-state index is 0.175. The van der Waals surface area contributed by atoms with Crippen LogP contribution in [0.1, 0.15) is 32.0 Å². The van der Waals surface area contributed by atoms with Gasteiger partial charge in [-0.2, -0.15) is 0 Å². The van der Waals surface area contributed by atoms with Crippen LogP contribution in [0.5, 0.6) is 0 Å². The average molecular weight is 295 g/mol. The molecule has 0 aliphatic carbocycles. The Labute approximate surface area is 126 Å². The molecule has 0 saturated carbocycles. The molecule has 0 aromatic carbocycles. The highest BCUT2D eigenvalue weighted by Gasteiger charge is 2.28. The van der Waals surface area contributed by atoms with Crippen molar-refractivity contribution < 1.29 is 9.13 Å². The lowest BCUT2D eigenvalue weighted by atomic mass is 9.93. The lowest BCUT2D eigenvalue weighted by Crippen LogP contribution is -2.46. The maximum absolute atomic E-state index is 12.9. The lowest BCUT2D eigenvalue weighted by Gasteiger charge is -2.38. The second kappa shape index (κ2) is 7.29. The Morgan fingerprint density at radius 1 is 1.52 bits per heavy atom. The number of nitrogens with two attached hydrogens (primary N) is 1. The fraction of sp³-hybridized carbons (Fsp3) is 0.688. The summed E-state index contributed by atoms with van der Waals surface area (Å²) in [7, 11) is 1.78. The molecular formula is C16H26FN3O. The van der Waals surface area contributed by atoms with E-state index in [4.69, 9.17) is 10.5 Å². The second-order valence-corrected chi connectivity index (χ2v) is 6.20. The minimum Gasteiger partial charge on any atom is -0.380 e. The first-order valence-corrected chi connectivity index (χ1v) is 7.63. The molecule has 4 atom stereocenters. The van der Waals surface area contributed by atoms with Gasteiger partial charge in [0, 0.05) is 20.2 Å². The SMILES string of the molecule is COC1CN(CC(C)C(N)c2ccc(F)cn2)CCC1C. The van der Waals surface area contributed by atoms with Crippen LogP contribution in [0.25, 0.3) is 0 Å². The minimum atomic E-state index is -0.327. The molecule has 0 spiro atoms. The molecule has 2 heterocycles. The van der Waals surface area contributed by atoms with Gasteiger partial charge in [0.15, 0.2) is 0 Å². The van der Waals surface area contributed by atoms with E-state index in [0.717, 1.165) is 31.7 Å². The number of ether oxygens (including phenoxy) is 1. The van der Waals surface area contributed by atoms with Gasteiger partial charge in [-0.05, 0) is 36.9 Å². The van der Waals surface area contributed by atoms with Gasteiger partial charge in [0.25, 0.3) is 0 Å². The van der Waals surface area contributed by atoms with Crippen LogP contribution < -0.4 is 5.73 Å². The van der Waals surface area contributed by atoms with Crippen LogP contribution in [0.4, 0.5) is 4.39 Å². The van der Waals surface area contributed by atoms with Crippen LogP contribution >= 0.6 is 0 Å². The topological polar surface area (TPSA) is 51.4 Å². The molecule has 4 nitrogen and oxygen atoms in total. The Hall–Kier alpha value is -1.04. The van der Waals surface area contributed by atoms with Crippen molar-refractivity contribution in [2.24, 2.45) is 17.6 Å². The third kappa shape index (κ3) is 4.22. The summed E-state index contributed by atoms with van der Waals surface area (Å²) in [5.41, 5.74) is 7.01. The van der Waals surface area contributed by atoms with Gasteiger partial charge in [-0.15, -0.1) is 0 Å². The van der Waals surface area contributed by atoms with E-state index in [1.807, 2.05) is 0 Å². The Balaban J connectivity index is 1.91. The summed E-state index contributed by atoms with van der Waals surface area (Å²) in [6.45, 7) is 7.30. The van der Waals surface area contributed by atoms with E-state index in [2.05, 4.69) is 23.7 Å². The van der Waals surface area contributed by atoms with Crippen LogP contribution in [-0.2, 0) is 4.74 Å². The van der Waals surface area contributed by atoms with Gasteiger partial charge in [0.2, 0.25) is 0 Å². The number of halogens is 1. The zero-order valence-electron chi connectivity index (χ0n) is 13.1. The van der Waals surface area contributed by atoms with E-state index < -0.39 is 0 Å². The Kier molecular flexibility index (Phi) is 5.67. The second-order valence-electron chi connectivity index (χ2n) is 6.20. The lowest BCUT2D eigenvalue weighted by molar-refractivity contribution is -0.00959. The van der Waals surface area contributed by atoms with E-state index >= 15 is 0 Å². The van der Waals surface area contributed by atoms with Crippen molar-refractivity contribution in [3.63, 3.8) is 0 Å². The average Bonchev–Trinajstić information content (AvgIpc) is 2.49. The highest BCUT2D eigenvalue weighted by Crippen LogP contribution is 2.23. The number of methoxy groups -OCH3 is 1. The molecule has 21 heavy (non-hydrogen) atoms. The predicted molar refractivity (Wildman–Crippen MR) is 81.3 cm³/mol. The van der Waals surface area contributed by atoms with Gasteiger partial charge in [-0.3, -0.25) is 4.98 Å². The molecule has 4 unspecified atom stereocenters. The molecule has 0 radical (unpaired) electrons. The van der Waals surface area contributed by atoms with Crippen molar-refractivity contribution in [2.45, 2.75) is 32.4 Å².